The molecule has 0 aliphatic rings. The molecule has 0 fully saturated rings. The number of carbonyl (C=O) groups is 2. The molecule has 0 aliphatic heterocycles. The number of aromatic carboxylic acids is 1. The molecule has 1 aromatic carbocycles. The Morgan fingerprint density at radius 1 is 1.30 bits per heavy atom. The minimum Gasteiger partial charge on any atom is -0.507 e. The van der Waals surface area contributed by atoms with Crippen molar-refractivity contribution < 1.29 is 19.8 Å². The number of aryl methyl sites for hydroxylation is 1. The summed E-state index contributed by atoms with van der Waals surface area (Å²) in [6.07, 6.45) is 0. The Balaban J connectivity index is 2.27. The summed E-state index contributed by atoms with van der Waals surface area (Å²) in [7, 11) is 0. The Morgan fingerprint density at radius 3 is 2.60 bits per heavy atom. The minimum atomic E-state index is -1.09. The lowest BCUT2D eigenvalue weighted by Gasteiger charge is -2.05. The molecule has 0 bridgehead atoms. The summed E-state index contributed by atoms with van der Waals surface area (Å²) < 4.78 is 0.636. The van der Waals surface area contributed by atoms with E-state index in [9.17, 15) is 14.7 Å². The number of thiophene rings is 1. The summed E-state index contributed by atoms with van der Waals surface area (Å²) in [5, 5.41) is 21.5. The first-order valence-corrected chi connectivity index (χ1v) is 7.41. The highest BCUT2D eigenvalue weighted by atomic mass is 127. The van der Waals surface area contributed by atoms with Crippen molar-refractivity contribution in [1.82, 2.24) is 0 Å². The number of carbonyl (C=O) groups excluding carboxylic acids is 1. The van der Waals surface area contributed by atoms with Gasteiger partial charge in [0.1, 0.15) is 10.8 Å². The average Bonchev–Trinajstić information content (AvgIpc) is 2.73. The van der Waals surface area contributed by atoms with Gasteiger partial charge in [-0.25, -0.2) is 4.79 Å². The Hall–Kier alpha value is -1.61. The summed E-state index contributed by atoms with van der Waals surface area (Å²) in [5.74, 6) is -1.53. The van der Waals surface area contributed by atoms with Crippen LogP contribution in [0.2, 0.25) is 0 Å². The van der Waals surface area contributed by atoms with Crippen LogP contribution in [-0.4, -0.2) is 22.1 Å². The number of phenols is 1. The fraction of sp³-hybridized carbons (Fsp3) is 0.0769. The topological polar surface area (TPSA) is 86.6 Å². The van der Waals surface area contributed by atoms with Crippen molar-refractivity contribution in [3.8, 4) is 5.75 Å². The molecule has 0 aliphatic carbocycles. The highest BCUT2D eigenvalue weighted by molar-refractivity contribution is 14.1. The molecule has 3 N–H and O–H groups in total. The molecule has 0 atom stereocenters. The van der Waals surface area contributed by atoms with E-state index in [1.165, 1.54) is 23.5 Å². The van der Waals surface area contributed by atoms with Gasteiger partial charge in [-0.2, -0.15) is 0 Å². The van der Waals surface area contributed by atoms with Crippen molar-refractivity contribution in [2.45, 2.75) is 6.92 Å². The number of aromatic hydroxyl groups is 1. The Labute approximate surface area is 132 Å². The molecule has 5 nitrogen and oxygen atoms in total. The minimum absolute atomic E-state index is 0.0130. The van der Waals surface area contributed by atoms with E-state index >= 15 is 0 Å². The van der Waals surface area contributed by atoms with E-state index in [1.54, 1.807) is 19.1 Å². The lowest BCUT2D eigenvalue weighted by Crippen LogP contribution is -2.13. The van der Waals surface area contributed by atoms with Gasteiger partial charge in [-0.3, -0.25) is 4.79 Å². The van der Waals surface area contributed by atoms with Gasteiger partial charge in [0.05, 0.1) is 9.13 Å². The predicted molar refractivity (Wildman–Crippen MR) is 84.8 cm³/mol. The van der Waals surface area contributed by atoms with E-state index < -0.39 is 11.9 Å². The number of amides is 1. The molecule has 20 heavy (non-hydrogen) atoms. The molecule has 0 unspecified atom stereocenters. The lowest BCUT2D eigenvalue weighted by atomic mass is 10.2. The molecule has 1 heterocycles. The van der Waals surface area contributed by atoms with E-state index in [0.717, 1.165) is 4.88 Å². The van der Waals surface area contributed by atoms with Crippen molar-refractivity contribution >= 4 is 50.8 Å². The van der Waals surface area contributed by atoms with Crippen LogP contribution in [0.4, 0.5) is 5.00 Å². The van der Waals surface area contributed by atoms with Crippen LogP contribution in [0.15, 0.2) is 24.3 Å². The number of anilines is 1. The van der Waals surface area contributed by atoms with Crippen LogP contribution in [0, 0.1) is 10.5 Å². The molecule has 2 rings (SSSR count). The summed E-state index contributed by atoms with van der Waals surface area (Å²) in [6.45, 7) is 1.77. The van der Waals surface area contributed by atoms with Crippen molar-refractivity contribution in [1.29, 1.82) is 0 Å². The average molecular weight is 403 g/mol. The SMILES string of the molecule is Cc1cc(C(=O)O)c(NC(=O)c2ccc(I)c(O)c2)s1. The quantitative estimate of drug-likeness (QED) is 0.687. The maximum atomic E-state index is 12.1. The van der Waals surface area contributed by atoms with E-state index in [0.29, 0.717) is 3.57 Å². The third-order valence-corrected chi connectivity index (χ3v) is 4.40. The number of halogens is 1. The Bertz CT molecular complexity index is 696. The maximum Gasteiger partial charge on any atom is 0.338 e. The van der Waals surface area contributed by atoms with Crippen molar-refractivity contribution in [3.63, 3.8) is 0 Å². The molecule has 1 amide bonds. The van der Waals surface area contributed by atoms with Crippen LogP contribution in [0.1, 0.15) is 25.6 Å². The Kier molecular flexibility index (Phi) is 4.29. The van der Waals surface area contributed by atoms with E-state index in [-0.39, 0.29) is 21.9 Å². The van der Waals surface area contributed by atoms with Gasteiger partial charge in [-0.1, -0.05) is 0 Å². The summed E-state index contributed by atoms with van der Waals surface area (Å²) in [6, 6.07) is 6.03. The molecule has 0 radical (unpaired) electrons. The third kappa shape index (κ3) is 3.10. The van der Waals surface area contributed by atoms with Crippen LogP contribution < -0.4 is 5.32 Å². The number of nitrogens with one attached hydrogen (secondary N) is 1. The van der Waals surface area contributed by atoms with Gasteiger partial charge in [0, 0.05) is 10.4 Å². The number of phenolic OH excluding ortho intramolecular Hbond substituents is 1. The van der Waals surface area contributed by atoms with Crippen LogP contribution in [-0.2, 0) is 0 Å². The zero-order valence-corrected chi connectivity index (χ0v) is 13.3. The van der Waals surface area contributed by atoms with Crippen molar-refractivity contribution in [3.05, 3.63) is 43.8 Å². The monoisotopic (exact) mass is 403 g/mol. The van der Waals surface area contributed by atoms with Gasteiger partial charge in [0.2, 0.25) is 0 Å². The van der Waals surface area contributed by atoms with Crippen LogP contribution in [0.3, 0.4) is 0 Å². The van der Waals surface area contributed by atoms with Gasteiger partial charge in [-0.15, -0.1) is 11.3 Å². The largest absolute Gasteiger partial charge is 0.507 e. The first kappa shape index (κ1) is 14.8. The molecule has 104 valence electrons. The van der Waals surface area contributed by atoms with Gasteiger partial charge in [0.15, 0.2) is 0 Å². The summed E-state index contributed by atoms with van der Waals surface area (Å²) in [4.78, 5) is 23.9. The molecule has 2 aromatic rings. The summed E-state index contributed by atoms with van der Waals surface area (Å²) in [5.41, 5.74) is 0.334. The molecule has 0 saturated heterocycles. The smallest absolute Gasteiger partial charge is 0.338 e. The fourth-order valence-corrected chi connectivity index (χ4v) is 2.83. The van der Waals surface area contributed by atoms with E-state index in [4.69, 9.17) is 5.11 Å². The normalized spacial score (nSPS) is 10.3. The number of carboxylic acid groups (broad SMARTS) is 1. The fourth-order valence-electron chi connectivity index (χ4n) is 1.60. The zero-order chi connectivity index (χ0) is 14.9. The number of hydrogen-bond donors (Lipinski definition) is 3. The molecular weight excluding hydrogens is 393 g/mol. The van der Waals surface area contributed by atoms with Gasteiger partial charge < -0.3 is 15.5 Å². The van der Waals surface area contributed by atoms with Crippen LogP contribution in [0.25, 0.3) is 0 Å². The maximum absolute atomic E-state index is 12.1. The number of hydrogen-bond acceptors (Lipinski definition) is 4. The number of rotatable bonds is 3. The standard InChI is InChI=1S/C13H10INO4S/c1-6-4-8(13(18)19)12(20-6)15-11(17)7-2-3-9(14)10(16)5-7/h2-5,16H,1H3,(H,15,17)(H,18,19). The zero-order valence-electron chi connectivity index (χ0n) is 10.3. The van der Waals surface area contributed by atoms with Gasteiger partial charge >= 0.3 is 5.97 Å². The van der Waals surface area contributed by atoms with Crippen LogP contribution >= 0.6 is 33.9 Å². The predicted octanol–water partition coefficient (Wildman–Crippen LogP) is 3.32. The molecular formula is C13H10INO4S. The number of carboxylic acids is 1. The third-order valence-electron chi connectivity index (χ3n) is 2.52. The second-order valence-corrected chi connectivity index (χ2v) is 6.44. The van der Waals surface area contributed by atoms with Gasteiger partial charge in [-0.05, 0) is 53.8 Å². The first-order valence-electron chi connectivity index (χ1n) is 5.52. The highest BCUT2D eigenvalue weighted by Crippen LogP contribution is 2.28. The van der Waals surface area contributed by atoms with Crippen molar-refractivity contribution in [2.24, 2.45) is 0 Å². The molecule has 1 aromatic heterocycles. The van der Waals surface area contributed by atoms with E-state index in [1.807, 2.05) is 22.6 Å². The number of benzene rings is 1. The Morgan fingerprint density at radius 2 is 2.00 bits per heavy atom. The second kappa shape index (κ2) is 5.80. The lowest BCUT2D eigenvalue weighted by molar-refractivity contribution is 0.0698. The van der Waals surface area contributed by atoms with Crippen molar-refractivity contribution in [2.75, 3.05) is 5.32 Å². The second-order valence-electron chi connectivity index (χ2n) is 4.03. The van der Waals surface area contributed by atoms with E-state index in [2.05, 4.69) is 5.32 Å². The molecule has 0 spiro atoms. The highest BCUT2D eigenvalue weighted by Gasteiger charge is 2.17. The molecule has 7 heteroatoms. The summed E-state index contributed by atoms with van der Waals surface area (Å²) >= 11 is 3.14. The molecule has 0 saturated carbocycles. The van der Waals surface area contributed by atoms with Crippen LogP contribution in [0.5, 0.6) is 5.75 Å². The first-order chi connectivity index (χ1) is 9.38. The van der Waals surface area contributed by atoms with Gasteiger partial charge in [0.25, 0.3) is 5.91 Å².